The third-order valence-electron chi connectivity index (χ3n) is 6.01. The molecule has 34 heavy (non-hydrogen) atoms. The second kappa shape index (κ2) is 11.1. The van der Waals surface area contributed by atoms with Crippen molar-refractivity contribution in [3.05, 3.63) is 118 Å². The van der Waals surface area contributed by atoms with Crippen LogP contribution in [0.3, 0.4) is 0 Å². The van der Waals surface area contributed by atoms with Gasteiger partial charge in [-0.25, -0.2) is 4.79 Å². The quantitative estimate of drug-likeness (QED) is 0.324. The van der Waals surface area contributed by atoms with Crippen LogP contribution in [-0.4, -0.2) is 47.9 Å². The van der Waals surface area contributed by atoms with Gasteiger partial charge in [-0.3, -0.25) is 15.0 Å². The maximum Gasteiger partial charge on any atom is 0.324 e. The van der Waals surface area contributed by atoms with Crippen LogP contribution >= 0.6 is 0 Å². The first-order chi connectivity index (χ1) is 16.7. The van der Waals surface area contributed by atoms with Gasteiger partial charge in [0, 0.05) is 42.7 Å². The summed E-state index contributed by atoms with van der Waals surface area (Å²) in [6.07, 6.45) is 0. The van der Waals surface area contributed by atoms with Gasteiger partial charge in [0.1, 0.15) is 0 Å². The standard InChI is InChI=1S/C26H26N6O2/c27-30-29-23(20-10-4-1-5-11-20)24(21-12-6-2-7-13-21)31-16-18-32(19-17-31)26(34)28-25(33)22-14-8-3-9-15-22/h1-15,23-24H,16-19H2,(H,28,33,34)/t23-,24+/m0/s1. The van der Waals surface area contributed by atoms with Crippen LogP contribution in [0.5, 0.6) is 0 Å². The number of rotatable bonds is 6. The molecular weight excluding hydrogens is 428 g/mol. The highest BCUT2D eigenvalue weighted by Gasteiger charge is 2.33. The molecule has 8 nitrogen and oxygen atoms in total. The maximum atomic E-state index is 12.7. The van der Waals surface area contributed by atoms with Gasteiger partial charge in [-0.15, -0.1) is 0 Å². The van der Waals surface area contributed by atoms with Gasteiger partial charge in [0.05, 0.1) is 6.04 Å². The zero-order chi connectivity index (χ0) is 23.8. The first-order valence-electron chi connectivity index (χ1n) is 11.2. The van der Waals surface area contributed by atoms with E-state index in [1.807, 2.05) is 66.7 Å². The molecule has 0 bridgehead atoms. The predicted molar refractivity (Wildman–Crippen MR) is 130 cm³/mol. The van der Waals surface area contributed by atoms with Crippen molar-refractivity contribution in [3.63, 3.8) is 0 Å². The predicted octanol–water partition coefficient (Wildman–Crippen LogP) is 4.95. The molecule has 0 aromatic heterocycles. The Kier molecular flexibility index (Phi) is 7.55. The molecule has 3 amide bonds. The van der Waals surface area contributed by atoms with Gasteiger partial charge in [0.25, 0.3) is 5.91 Å². The molecule has 0 spiro atoms. The van der Waals surface area contributed by atoms with Crippen molar-refractivity contribution in [3.8, 4) is 0 Å². The lowest BCUT2D eigenvalue weighted by Crippen LogP contribution is -2.53. The van der Waals surface area contributed by atoms with Crippen LogP contribution in [-0.2, 0) is 0 Å². The molecule has 0 saturated carbocycles. The van der Waals surface area contributed by atoms with E-state index in [9.17, 15) is 15.1 Å². The summed E-state index contributed by atoms with van der Waals surface area (Å²) in [4.78, 5) is 32.1. The Balaban J connectivity index is 1.49. The lowest BCUT2D eigenvalue weighted by atomic mass is 9.92. The fourth-order valence-electron chi connectivity index (χ4n) is 4.30. The number of carbonyl (C=O) groups excluding carboxylic acids is 2. The molecule has 0 radical (unpaired) electrons. The van der Waals surface area contributed by atoms with E-state index in [0.717, 1.165) is 11.1 Å². The number of urea groups is 1. The molecule has 172 valence electrons. The van der Waals surface area contributed by atoms with Crippen LogP contribution in [0, 0.1) is 0 Å². The fraction of sp³-hybridized carbons (Fsp3) is 0.231. The Labute approximate surface area is 198 Å². The molecule has 8 heteroatoms. The number of benzene rings is 3. The lowest BCUT2D eigenvalue weighted by Gasteiger charge is -2.41. The minimum Gasteiger partial charge on any atom is -0.322 e. The van der Waals surface area contributed by atoms with E-state index >= 15 is 0 Å². The van der Waals surface area contributed by atoms with Crippen molar-refractivity contribution in [1.82, 2.24) is 15.1 Å². The highest BCUT2D eigenvalue weighted by molar-refractivity contribution is 6.04. The van der Waals surface area contributed by atoms with Gasteiger partial charge in [-0.05, 0) is 28.8 Å². The number of carbonyl (C=O) groups is 2. The van der Waals surface area contributed by atoms with Crippen molar-refractivity contribution in [2.45, 2.75) is 12.1 Å². The summed E-state index contributed by atoms with van der Waals surface area (Å²) in [5, 5.41) is 6.65. The second-order valence-corrected chi connectivity index (χ2v) is 8.06. The zero-order valence-electron chi connectivity index (χ0n) is 18.7. The summed E-state index contributed by atoms with van der Waals surface area (Å²) in [5.41, 5.74) is 11.8. The molecule has 0 unspecified atom stereocenters. The molecule has 1 aliphatic rings. The van der Waals surface area contributed by atoms with E-state index in [1.165, 1.54) is 0 Å². The van der Waals surface area contributed by atoms with Crippen molar-refractivity contribution in [2.24, 2.45) is 5.11 Å². The monoisotopic (exact) mass is 454 g/mol. The van der Waals surface area contributed by atoms with Gasteiger partial charge < -0.3 is 4.90 Å². The molecule has 0 aliphatic carbocycles. The molecule has 2 atom stereocenters. The van der Waals surface area contributed by atoms with Crippen molar-refractivity contribution in [2.75, 3.05) is 26.2 Å². The number of imide groups is 1. The molecule has 3 aromatic rings. The van der Waals surface area contributed by atoms with Crippen molar-refractivity contribution >= 4 is 11.9 Å². The van der Waals surface area contributed by atoms with Crippen LogP contribution in [0.4, 0.5) is 4.79 Å². The first kappa shape index (κ1) is 23.0. The number of hydrogen-bond donors (Lipinski definition) is 1. The number of azide groups is 1. The Morgan fingerprint density at radius 1 is 0.794 bits per heavy atom. The first-order valence-corrected chi connectivity index (χ1v) is 11.2. The van der Waals surface area contributed by atoms with E-state index in [0.29, 0.717) is 31.7 Å². The smallest absolute Gasteiger partial charge is 0.322 e. The minimum atomic E-state index is -0.423. The van der Waals surface area contributed by atoms with E-state index in [4.69, 9.17) is 0 Å². The molecule has 1 aliphatic heterocycles. The minimum absolute atomic E-state index is 0.185. The van der Waals surface area contributed by atoms with Gasteiger partial charge in [-0.1, -0.05) is 84.0 Å². The zero-order valence-corrected chi connectivity index (χ0v) is 18.7. The van der Waals surface area contributed by atoms with Crippen LogP contribution in [0.2, 0.25) is 0 Å². The Morgan fingerprint density at radius 3 is 1.88 bits per heavy atom. The molecule has 3 aromatic carbocycles. The molecule has 4 rings (SSSR count). The van der Waals surface area contributed by atoms with Gasteiger partial charge in [0.2, 0.25) is 0 Å². The summed E-state index contributed by atoms with van der Waals surface area (Å²) < 4.78 is 0. The van der Waals surface area contributed by atoms with E-state index in [-0.39, 0.29) is 6.04 Å². The topological polar surface area (TPSA) is 101 Å². The SMILES string of the molecule is [N-]=[N+]=N[C@@H](c1ccccc1)[C@@H](c1ccccc1)N1CCN(C(=O)NC(=O)c2ccccc2)CC1. The Bertz CT molecular complexity index is 1140. The highest BCUT2D eigenvalue weighted by Crippen LogP contribution is 2.37. The number of nitrogens with one attached hydrogen (secondary N) is 1. The van der Waals surface area contributed by atoms with E-state index in [2.05, 4.69) is 20.2 Å². The summed E-state index contributed by atoms with van der Waals surface area (Å²) in [5.74, 6) is -0.414. The fourth-order valence-corrected chi connectivity index (χ4v) is 4.30. The van der Waals surface area contributed by atoms with Crippen molar-refractivity contribution < 1.29 is 9.59 Å². The Morgan fingerprint density at radius 2 is 1.32 bits per heavy atom. The number of hydrogen-bond acceptors (Lipinski definition) is 4. The van der Waals surface area contributed by atoms with E-state index < -0.39 is 18.0 Å². The van der Waals surface area contributed by atoms with Crippen LogP contribution in [0.1, 0.15) is 33.6 Å². The van der Waals surface area contributed by atoms with Gasteiger partial charge in [0.15, 0.2) is 0 Å². The summed E-state index contributed by atoms with van der Waals surface area (Å²) in [6, 6.07) is 27.4. The molecule has 1 fully saturated rings. The maximum absolute atomic E-state index is 12.7. The molecule has 1 N–H and O–H groups in total. The molecular formula is C26H26N6O2. The number of amides is 3. The number of piperazine rings is 1. The number of nitrogens with zero attached hydrogens (tertiary/aromatic N) is 5. The second-order valence-electron chi connectivity index (χ2n) is 8.06. The van der Waals surface area contributed by atoms with Crippen molar-refractivity contribution in [1.29, 1.82) is 0 Å². The summed E-state index contributed by atoms with van der Waals surface area (Å²) in [7, 11) is 0. The normalized spacial score (nSPS) is 15.6. The lowest BCUT2D eigenvalue weighted by molar-refractivity contribution is 0.0869. The van der Waals surface area contributed by atoms with Crippen LogP contribution in [0.25, 0.3) is 10.4 Å². The Hall–Kier alpha value is -4.13. The third-order valence-corrected chi connectivity index (χ3v) is 6.01. The van der Waals surface area contributed by atoms with E-state index in [1.54, 1.807) is 29.2 Å². The highest BCUT2D eigenvalue weighted by atomic mass is 16.2. The van der Waals surface area contributed by atoms with Crippen LogP contribution in [0.15, 0.2) is 96.1 Å². The average molecular weight is 455 g/mol. The third kappa shape index (κ3) is 5.43. The average Bonchev–Trinajstić information content (AvgIpc) is 2.90. The largest absolute Gasteiger partial charge is 0.324 e. The van der Waals surface area contributed by atoms with Gasteiger partial charge >= 0.3 is 6.03 Å². The summed E-state index contributed by atoms with van der Waals surface area (Å²) >= 11 is 0. The van der Waals surface area contributed by atoms with Crippen LogP contribution < -0.4 is 5.32 Å². The molecule has 1 saturated heterocycles. The summed E-state index contributed by atoms with van der Waals surface area (Å²) in [6.45, 7) is 2.07. The van der Waals surface area contributed by atoms with Gasteiger partial charge in [-0.2, -0.15) is 0 Å². The molecule has 1 heterocycles.